The molecule has 8 aromatic rings. The van der Waals surface area contributed by atoms with Crippen molar-refractivity contribution in [2.45, 2.75) is 77.0 Å². The minimum absolute atomic E-state index is 0.128. The van der Waals surface area contributed by atoms with Gasteiger partial charge in [0.2, 0.25) is 0 Å². The predicted molar refractivity (Wildman–Crippen MR) is 252 cm³/mol. The summed E-state index contributed by atoms with van der Waals surface area (Å²) in [5.74, 6) is 0. The van der Waals surface area contributed by atoms with Gasteiger partial charge < -0.3 is 0 Å². The van der Waals surface area contributed by atoms with Crippen LogP contribution in [0.25, 0.3) is 89.0 Å². The third kappa shape index (κ3) is 4.22. The van der Waals surface area contributed by atoms with E-state index in [0.717, 1.165) is 0 Å². The number of rotatable bonds is 0. The Morgan fingerprint density at radius 3 is 0.417 bits per heavy atom. The van der Waals surface area contributed by atoms with E-state index in [1.807, 2.05) is 0 Å². The molecular formula is C60H48. The van der Waals surface area contributed by atoms with E-state index in [1.54, 1.807) is 0 Å². The third-order valence-electron chi connectivity index (χ3n) is 16.0. The van der Waals surface area contributed by atoms with E-state index in [9.17, 15) is 0 Å². The van der Waals surface area contributed by atoms with Crippen molar-refractivity contribution in [3.8, 4) is 89.0 Å². The molecule has 16 bridgehead atoms. The largest absolute Gasteiger partial charge is 0.0537 e. The molecule has 0 unspecified atom stereocenters. The molecule has 0 spiro atoms. The molecule has 5 aliphatic carbocycles. The third-order valence-corrected chi connectivity index (χ3v) is 16.0. The van der Waals surface area contributed by atoms with Crippen molar-refractivity contribution in [3.63, 3.8) is 0 Å². The van der Waals surface area contributed by atoms with Crippen LogP contribution in [0.3, 0.4) is 0 Å². The highest BCUT2D eigenvalue weighted by molar-refractivity contribution is 5.92. The zero-order valence-electron chi connectivity index (χ0n) is 35.9. The Balaban J connectivity index is 1.03. The molecule has 0 heterocycles. The molecule has 288 valence electrons. The summed E-state index contributed by atoms with van der Waals surface area (Å²) in [5.41, 5.74) is 32.0. The summed E-state index contributed by atoms with van der Waals surface area (Å²) < 4.78 is 0. The van der Waals surface area contributed by atoms with Crippen molar-refractivity contribution < 1.29 is 0 Å². The molecule has 0 atom stereocenters. The van der Waals surface area contributed by atoms with Gasteiger partial charge in [-0.05, 0) is 182 Å². The van der Waals surface area contributed by atoms with Crippen LogP contribution in [0.5, 0.6) is 0 Å². The van der Waals surface area contributed by atoms with Crippen LogP contribution in [0.15, 0.2) is 146 Å². The van der Waals surface area contributed by atoms with Gasteiger partial charge in [-0.3, -0.25) is 0 Å². The molecule has 0 aliphatic heterocycles. The normalized spacial score (nSPS) is 17.2. The summed E-state index contributed by atoms with van der Waals surface area (Å²) >= 11 is 0. The van der Waals surface area contributed by atoms with Crippen LogP contribution in [0.4, 0.5) is 0 Å². The zero-order chi connectivity index (χ0) is 40.8. The van der Waals surface area contributed by atoms with Crippen LogP contribution in [-0.4, -0.2) is 0 Å². The Hall–Kier alpha value is -6.24. The standard InChI is InChI=1S/C60H48/c1-57(2)49-25-33-9-17-41(49)42-18-10-34(26-50(42)57)36-12-20-44-46-22-14-38(30-54(46)59(5,6)52(44)28-36)40-16-24-48-47-23-15-39(31-55(47)60(7,8)56(48)32-40)37-13-21-45-43-19-11-35(33)27-51(43)58(3,4)53(45)29-37/h9-32H,1-8H3. The molecule has 0 saturated heterocycles. The number of hydrogen-bond acceptors (Lipinski definition) is 0. The lowest BCUT2D eigenvalue weighted by atomic mass is 9.78. The summed E-state index contributed by atoms with van der Waals surface area (Å²) in [7, 11) is 0. The maximum absolute atomic E-state index is 2.48. The first-order chi connectivity index (χ1) is 28.7. The van der Waals surface area contributed by atoms with Gasteiger partial charge in [-0.2, -0.15) is 0 Å². The second-order valence-electron chi connectivity index (χ2n) is 20.6. The van der Waals surface area contributed by atoms with E-state index in [-0.39, 0.29) is 21.7 Å². The number of hydrogen-bond donors (Lipinski definition) is 0. The van der Waals surface area contributed by atoms with E-state index < -0.39 is 0 Å². The van der Waals surface area contributed by atoms with E-state index in [1.165, 1.54) is 134 Å². The molecule has 13 rings (SSSR count). The fraction of sp³-hybridized carbons (Fsp3) is 0.200. The molecule has 0 aromatic heterocycles. The topological polar surface area (TPSA) is 0 Å². The lowest BCUT2D eigenvalue weighted by Gasteiger charge is -2.25. The van der Waals surface area contributed by atoms with Crippen molar-refractivity contribution in [1.82, 2.24) is 0 Å². The smallest absolute Gasteiger partial charge is 0.0159 e. The summed E-state index contributed by atoms with van der Waals surface area (Å²) in [6.07, 6.45) is 0. The average molecular weight is 769 g/mol. The summed E-state index contributed by atoms with van der Waals surface area (Å²) in [6, 6.07) is 57.7. The lowest BCUT2D eigenvalue weighted by Crippen LogP contribution is -2.16. The molecule has 60 heavy (non-hydrogen) atoms. The van der Waals surface area contributed by atoms with Crippen molar-refractivity contribution in [1.29, 1.82) is 0 Å². The van der Waals surface area contributed by atoms with Crippen LogP contribution in [0, 0.1) is 0 Å². The fourth-order valence-electron chi connectivity index (χ4n) is 12.4. The minimum atomic E-state index is -0.128. The highest BCUT2D eigenvalue weighted by Crippen LogP contribution is 2.56. The highest BCUT2D eigenvalue weighted by Gasteiger charge is 2.41. The van der Waals surface area contributed by atoms with Crippen LogP contribution in [0.1, 0.15) is 99.9 Å². The molecule has 8 aromatic carbocycles. The zero-order valence-corrected chi connectivity index (χ0v) is 35.9. The summed E-state index contributed by atoms with van der Waals surface area (Å²) in [4.78, 5) is 0. The first-order valence-electron chi connectivity index (χ1n) is 21.9. The Morgan fingerprint density at radius 2 is 0.300 bits per heavy atom. The van der Waals surface area contributed by atoms with Gasteiger partial charge in [0, 0.05) is 21.7 Å². The summed E-state index contributed by atoms with van der Waals surface area (Å²) in [6.45, 7) is 19.3. The van der Waals surface area contributed by atoms with Crippen LogP contribution >= 0.6 is 0 Å². The van der Waals surface area contributed by atoms with Crippen LogP contribution in [0.2, 0.25) is 0 Å². The van der Waals surface area contributed by atoms with Crippen molar-refractivity contribution >= 4 is 0 Å². The van der Waals surface area contributed by atoms with Gasteiger partial charge >= 0.3 is 0 Å². The molecule has 0 N–H and O–H groups in total. The Kier molecular flexibility index (Phi) is 6.30. The van der Waals surface area contributed by atoms with Gasteiger partial charge in [-0.25, -0.2) is 0 Å². The maximum Gasteiger partial charge on any atom is 0.0159 e. The van der Waals surface area contributed by atoms with Crippen LogP contribution in [-0.2, 0) is 21.7 Å². The van der Waals surface area contributed by atoms with E-state index in [0.29, 0.717) is 0 Å². The highest BCUT2D eigenvalue weighted by atomic mass is 14.4. The molecule has 0 fully saturated rings. The second kappa shape index (κ2) is 10.9. The van der Waals surface area contributed by atoms with Crippen molar-refractivity contribution in [2.24, 2.45) is 0 Å². The predicted octanol–water partition coefficient (Wildman–Crippen LogP) is 15.9. The number of benzene rings is 8. The fourth-order valence-corrected chi connectivity index (χ4v) is 12.4. The maximum atomic E-state index is 2.48. The first-order valence-corrected chi connectivity index (χ1v) is 21.9. The van der Waals surface area contributed by atoms with Gasteiger partial charge in [-0.1, -0.05) is 152 Å². The summed E-state index contributed by atoms with van der Waals surface area (Å²) in [5, 5.41) is 0. The SMILES string of the molecule is CC1(C)c2cc3ccc2-c2ccc(cc21)-c1ccc2c(c1)C(C)(C)c1cc(ccc1-2)-c1ccc2c(c1)C(C)(C)c1cc(ccc1-2)-c1ccc2c(c1)C(C)(C)c1cc-3ccc1-2. The Morgan fingerprint density at radius 1 is 0.183 bits per heavy atom. The molecule has 5 aliphatic rings. The molecule has 0 radical (unpaired) electrons. The van der Waals surface area contributed by atoms with E-state index in [2.05, 4.69) is 201 Å². The molecule has 0 heteroatoms. The minimum Gasteiger partial charge on any atom is -0.0537 e. The average Bonchev–Trinajstić information content (AvgIpc) is 3.81. The number of fused-ring (bicyclic) bond motifs is 16. The van der Waals surface area contributed by atoms with Gasteiger partial charge in [0.15, 0.2) is 0 Å². The van der Waals surface area contributed by atoms with E-state index in [4.69, 9.17) is 0 Å². The van der Waals surface area contributed by atoms with Gasteiger partial charge in [0.25, 0.3) is 0 Å². The van der Waals surface area contributed by atoms with Gasteiger partial charge in [0.1, 0.15) is 0 Å². The Bertz CT molecular complexity index is 2640. The van der Waals surface area contributed by atoms with E-state index >= 15 is 0 Å². The molecular weight excluding hydrogens is 721 g/mol. The molecule has 0 amide bonds. The van der Waals surface area contributed by atoms with Crippen molar-refractivity contribution in [2.75, 3.05) is 0 Å². The second-order valence-corrected chi connectivity index (χ2v) is 20.6. The lowest BCUT2D eigenvalue weighted by molar-refractivity contribution is 0.659. The first kappa shape index (κ1) is 34.6. The van der Waals surface area contributed by atoms with Crippen molar-refractivity contribution in [3.05, 3.63) is 190 Å². The quantitative estimate of drug-likeness (QED) is 0.144. The molecule has 0 saturated carbocycles. The van der Waals surface area contributed by atoms with Crippen LogP contribution < -0.4 is 0 Å². The monoisotopic (exact) mass is 768 g/mol. The van der Waals surface area contributed by atoms with Gasteiger partial charge in [-0.15, -0.1) is 0 Å². The Labute approximate surface area is 354 Å². The molecule has 0 nitrogen and oxygen atoms in total. The van der Waals surface area contributed by atoms with Gasteiger partial charge in [0.05, 0.1) is 0 Å².